The van der Waals surface area contributed by atoms with Crippen molar-refractivity contribution in [1.29, 1.82) is 0 Å². The van der Waals surface area contributed by atoms with Crippen molar-refractivity contribution in [3.63, 3.8) is 0 Å². The van der Waals surface area contributed by atoms with E-state index in [2.05, 4.69) is 9.97 Å². The number of ketones is 1. The van der Waals surface area contributed by atoms with E-state index < -0.39 is 5.92 Å². The molecule has 0 amide bonds. The van der Waals surface area contributed by atoms with Crippen LogP contribution in [0, 0.1) is 12.7 Å². The van der Waals surface area contributed by atoms with Gasteiger partial charge in [-0.1, -0.05) is 36.4 Å². The molecule has 4 heteroatoms. The molecule has 0 saturated carbocycles. The van der Waals surface area contributed by atoms with Crippen molar-refractivity contribution >= 4 is 16.8 Å². The van der Waals surface area contributed by atoms with Crippen molar-refractivity contribution in [2.45, 2.75) is 19.3 Å². The van der Waals surface area contributed by atoms with Gasteiger partial charge in [0.1, 0.15) is 17.2 Å². The van der Waals surface area contributed by atoms with E-state index in [1.54, 1.807) is 19.2 Å². The average Bonchev–Trinajstić information content (AvgIpc) is 3.08. The number of aromatic nitrogens is 2. The van der Waals surface area contributed by atoms with Crippen LogP contribution in [0.5, 0.6) is 0 Å². The zero-order valence-electron chi connectivity index (χ0n) is 14.8. The molecule has 2 aromatic heterocycles. The first kappa shape index (κ1) is 15.9. The van der Waals surface area contributed by atoms with Crippen LogP contribution in [0.1, 0.15) is 28.2 Å². The lowest BCUT2D eigenvalue weighted by Gasteiger charge is -2.22. The number of pyridine rings is 1. The Morgan fingerprint density at radius 3 is 2.81 bits per heavy atom. The largest absolute Gasteiger partial charge is 0.346 e. The molecule has 1 unspecified atom stereocenters. The minimum Gasteiger partial charge on any atom is -0.346 e. The van der Waals surface area contributed by atoms with Crippen molar-refractivity contribution in [1.82, 2.24) is 9.97 Å². The van der Waals surface area contributed by atoms with Crippen LogP contribution in [0.25, 0.3) is 22.2 Å². The van der Waals surface area contributed by atoms with Gasteiger partial charge in [-0.2, -0.15) is 0 Å². The van der Waals surface area contributed by atoms with E-state index in [4.69, 9.17) is 0 Å². The monoisotopic (exact) mass is 356 g/mol. The SMILES string of the molecule is Cc1ccc(C2C(=O)Cc3ccccc3-c3ccnc4[nH]cc2c34)cc1F. The van der Waals surface area contributed by atoms with Crippen LogP contribution < -0.4 is 0 Å². The number of fused-ring (bicyclic) bond motifs is 2. The first-order valence-corrected chi connectivity index (χ1v) is 8.96. The zero-order chi connectivity index (χ0) is 18.5. The number of rotatable bonds is 1. The third-order valence-corrected chi connectivity index (χ3v) is 5.44. The lowest BCUT2D eigenvalue weighted by Crippen LogP contribution is -2.18. The second kappa shape index (κ2) is 5.88. The number of carbonyl (C=O) groups excluding carboxylic acids is 1. The maximum absolute atomic E-state index is 14.3. The summed E-state index contributed by atoms with van der Waals surface area (Å²) in [4.78, 5) is 20.9. The van der Waals surface area contributed by atoms with Crippen LogP contribution in [0.2, 0.25) is 0 Å². The molecular formula is C23H17FN2O. The van der Waals surface area contributed by atoms with Gasteiger partial charge in [0.15, 0.2) is 0 Å². The zero-order valence-corrected chi connectivity index (χ0v) is 14.8. The average molecular weight is 356 g/mol. The van der Waals surface area contributed by atoms with Gasteiger partial charge >= 0.3 is 0 Å². The van der Waals surface area contributed by atoms with Crippen molar-refractivity contribution in [2.75, 3.05) is 0 Å². The van der Waals surface area contributed by atoms with Crippen LogP contribution in [0.3, 0.4) is 0 Å². The third kappa shape index (κ3) is 2.40. The minimum absolute atomic E-state index is 0.0566. The van der Waals surface area contributed by atoms with Gasteiger partial charge in [0.05, 0.1) is 5.92 Å². The highest BCUT2D eigenvalue weighted by Crippen LogP contribution is 2.41. The van der Waals surface area contributed by atoms with Crippen LogP contribution in [-0.2, 0) is 11.2 Å². The quantitative estimate of drug-likeness (QED) is 0.525. The number of hydrogen-bond donors (Lipinski definition) is 1. The summed E-state index contributed by atoms with van der Waals surface area (Å²) in [7, 11) is 0. The Kier molecular flexibility index (Phi) is 3.47. The molecule has 1 aliphatic rings. The lowest BCUT2D eigenvalue weighted by atomic mass is 9.80. The van der Waals surface area contributed by atoms with Crippen LogP contribution in [0.15, 0.2) is 60.9 Å². The van der Waals surface area contributed by atoms with Crippen molar-refractivity contribution in [3.8, 4) is 11.1 Å². The molecule has 0 bridgehead atoms. The predicted octanol–water partition coefficient (Wildman–Crippen LogP) is 4.93. The summed E-state index contributed by atoms with van der Waals surface area (Å²) >= 11 is 0. The molecule has 0 fully saturated rings. The fraction of sp³-hybridized carbons (Fsp3) is 0.130. The predicted molar refractivity (Wildman–Crippen MR) is 103 cm³/mol. The van der Waals surface area contributed by atoms with Gasteiger partial charge in [-0.3, -0.25) is 4.79 Å². The number of carbonyl (C=O) groups is 1. The van der Waals surface area contributed by atoms with E-state index in [0.717, 1.165) is 33.3 Å². The molecule has 132 valence electrons. The summed E-state index contributed by atoms with van der Waals surface area (Å²) in [5.74, 6) is -0.757. The van der Waals surface area contributed by atoms with Gasteiger partial charge in [-0.05, 0) is 52.4 Å². The molecular weight excluding hydrogens is 339 g/mol. The third-order valence-electron chi connectivity index (χ3n) is 5.44. The highest BCUT2D eigenvalue weighted by Gasteiger charge is 2.30. The first-order valence-electron chi connectivity index (χ1n) is 8.96. The molecule has 1 atom stereocenters. The van der Waals surface area contributed by atoms with E-state index in [9.17, 15) is 9.18 Å². The summed E-state index contributed by atoms with van der Waals surface area (Å²) in [6, 6.07) is 15.0. The molecule has 5 rings (SSSR count). The number of Topliss-reactive ketones (excluding diaryl/α,β-unsaturated/α-hetero) is 1. The number of nitrogens with zero attached hydrogens (tertiary/aromatic N) is 1. The molecule has 0 aliphatic heterocycles. The smallest absolute Gasteiger partial charge is 0.149 e. The first-order chi connectivity index (χ1) is 13.1. The Morgan fingerprint density at radius 1 is 1.11 bits per heavy atom. The standard InChI is InChI=1S/C23H17FN2O/c1-13-6-7-15(10-19(13)24)21-18-12-26-23-22(18)17(8-9-25-23)16-5-3-2-4-14(16)11-20(21)27/h2-10,12,21H,11H2,1H3,(H,25,26). The number of aromatic amines is 1. The molecule has 3 nitrogen and oxygen atoms in total. The molecule has 0 saturated heterocycles. The number of benzene rings is 2. The Morgan fingerprint density at radius 2 is 1.96 bits per heavy atom. The fourth-order valence-corrected chi connectivity index (χ4v) is 4.09. The molecule has 2 heterocycles. The molecule has 1 aliphatic carbocycles. The van der Waals surface area contributed by atoms with Crippen molar-refractivity contribution in [3.05, 3.63) is 89.0 Å². The Balaban J connectivity index is 1.84. The van der Waals surface area contributed by atoms with Crippen LogP contribution in [-0.4, -0.2) is 15.8 Å². The van der Waals surface area contributed by atoms with E-state index in [1.807, 2.05) is 42.6 Å². The van der Waals surface area contributed by atoms with Gasteiger partial charge in [0.25, 0.3) is 0 Å². The highest BCUT2D eigenvalue weighted by atomic mass is 19.1. The number of aryl methyl sites for hydroxylation is 1. The van der Waals surface area contributed by atoms with E-state index >= 15 is 0 Å². The second-order valence-electron chi connectivity index (χ2n) is 7.07. The van der Waals surface area contributed by atoms with Gasteiger partial charge in [-0.25, -0.2) is 9.37 Å². The molecule has 2 aromatic carbocycles. The van der Waals surface area contributed by atoms with Gasteiger partial charge in [-0.15, -0.1) is 0 Å². The number of halogens is 1. The van der Waals surface area contributed by atoms with Gasteiger partial charge in [0.2, 0.25) is 0 Å². The molecule has 27 heavy (non-hydrogen) atoms. The fourth-order valence-electron chi connectivity index (χ4n) is 4.09. The Bertz CT molecular complexity index is 1210. The Hall–Kier alpha value is -3.27. The molecule has 0 spiro atoms. The van der Waals surface area contributed by atoms with E-state index in [0.29, 0.717) is 17.5 Å². The topological polar surface area (TPSA) is 45.8 Å². The Labute approximate surface area is 155 Å². The van der Waals surface area contributed by atoms with Crippen molar-refractivity contribution < 1.29 is 9.18 Å². The summed E-state index contributed by atoms with van der Waals surface area (Å²) in [5.41, 5.74) is 5.94. The van der Waals surface area contributed by atoms with Crippen molar-refractivity contribution in [2.24, 2.45) is 0 Å². The second-order valence-corrected chi connectivity index (χ2v) is 7.07. The minimum atomic E-state index is -0.523. The maximum atomic E-state index is 14.3. The van der Waals surface area contributed by atoms with E-state index in [1.165, 1.54) is 6.07 Å². The summed E-state index contributed by atoms with van der Waals surface area (Å²) in [5, 5.41) is 0.934. The van der Waals surface area contributed by atoms with Gasteiger partial charge < -0.3 is 4.98 Å². The highest BCUT2D eigenvalue weighted by molar-refractivity contribution is 6.04. The summed E-state index contributed by atoms with van der Waals surface area (Å²) < 4.78 is 14.3. The van der Waals surface area contributed by atoms with Gasteiger partial charge in [0, 0.05) is 24.2 Å². The lowest BCUT2D eigenvalue weighted by molar-refractivity contribution is -0.119. The molecule has 0 radical (unpaired) electrons. The van der Waals surface area contributed by atoms with E-state index in [-0.39, 0.29) is 11.6 Å². The normalized spacial score (nSPS) is 16.1. The number of H-pyrrole nitrogens is 1. The molecule has 1 N–H and O–H groups in total. The van der Waals surface area contributed by atoms with Crippen LogP contribution in [0.4, 0.5) is 4.39 Å². The number of hydrogen-bond acceptors (Lipinski definition) is 2. The molecule has 4 aromatic rings. The summed E-state index contributed by atoms with van der Waals surface area (Å²) in [6.45, 7) is 1.73. The maximum Gasteiger partial charge on any atom is 0.149 e. The van der Waals surface area contributed by atoms with Crippen LogP contribution >= 0.6 is 0 Å². The number of nitrogens with one attached hydrogen (secondary N) is 1. The summed E-state index contributed by atoms with van der Waals surface area (Å²) in [6.07, 6.45) is 3.93.